The van der Waals surface area contributed by atoms with E-state index >= 15 is 0 Å². The van der Waals surface area contributed by atoms with Crippen molar-refractivity contribution in [1.29, 1.82) is 0 Å². The third kappa shape index (κ3) is 3.04. The predicted octanol–water partition coefficient (Wildman–Crippen LogP) is -0.246. The zero-order chi connectivity index (χ0) is 10.4. The Balaban J connectivity index is 2.35. The van der Waals surface area contributed by atoms with E-state index < -0.39 is 0 Å². The summed E-state index contributed by atoms with van der Waals surface area (Å²) in [5, 5.41) is 2.84. The summed E-state index contributed by atoms with van der Waals surface area (Å²) in [7, 11) is 1.87. The number of aromatic nitrogens is 2. The van der Waals surface area contributed by atoms with E-state index in [4.69, 9.17) is 6.42 Å². The van der Waals surface area contributed by atoms with Crippen LogP contribution in [0.4, 0.5) is 0 Å². The first-order valence-electron chi connectivity index (χ1n) is 4.36. The molecule has 0 saturated carbocycles. The van der Waals surface area contributed by atoms with Gasteiger partial charge in [0, 0.05) is 19.4 Å². The largest absolute Gasteiger partial charge is 0.338 e. The van der Waals surface area contributed by atoms with Crippen LogP contribution in [0.15, 0.2) is 12.4 Å². The van der Waals surface area contributed by atoms with Crippen molar-refractivity contribution in [3.63, 3.8) is 0 Å². The van der Waals surface area contributed by atoms with E-state index in [0.29, 0.717) is 19.5 Å². The molecule has 1 rings (SSSR count). The van der Waals surface area contributed by atoms with Crippen molar-refractivity contribution < 1.29 is 4.79 Å². The van der Waals surface area contributed by atoms with Crippen molar-refractivity contribution in [2.45, 2.75) is 6.42 Å². The number of terminal acetylenes is 1. The van der Waals surface area contributed by atoms with E-state index in [9.17, 15) is 4.79 Å². The van der Waals surface area contributed by atoms with Gasteiger partial charge in [-0.25, -0.2) is 4.98 Å². The van der Waals surface area contributed by atoms with Crippen LogP contribution in [0.1, 0.15) is 5.82 Å². The second kappa shape index (κ2) is 5.20. The predicted molar refractivity (Wildman–Crippen MR) is 53.6 cm³/mol. The third-order valence-electron chi connectivity index (χ3n) is 1.83. The molecule has 0 bridgehead atoms. The van der Waals surface area contributed by atoms with Crippen LogP contribution >= 0.6 is 0 Å². The molecule has 0 aromatic carbocycles. The third-order valence-corrected chi connectivity index (χ3v) is 1.83. The minimum Gasteiger partial charge on any atom is -0.338 e. The first kappa shape index (κ1) is 10.5. The van der Waals surface area contributed by atoms with Gasteiger partial charge in [-0.15, -0.1) is 6.42 Å². The van der Waals surface area contributed by atoms with E-state index in [1.54, 1.807) is 6.20 Å². The lowest BCUT2D eigenvalue weighted by molar-refractivity contribution is -0.117. The number of nitrogens with zero attached hydrogens (tertiary/aromatic N) is 2. The van der Waals surface area contributed by atoms with Gasteiger partial charge in [0.2, 0.25) is 0 Å². The van der Waals surface area contributed by atoms with E-state index in [1.807, 2.05) is 17.8 Å². The fraction of sp³-hybridized carbons (Fsp3) is 0.400. The minimum absolute atomic E-state index is 0.0922. The summed E-state index contributed by atoms with van der Waals surface area (Å²) in [6, 6.07) is 0. The number of ketones is 1. The van der Waals surface area contributed by atoms with Crippen molar-refractivity contribution in [2.24, 2.45) is 7.05 Å². The van der Waals surface area contributed by atoms with E-state index in [0.717, 1.165) is 5.82 Å². The molecule has 1 N–H and O–H groups in total. The summed E-state index contributed by atoms with van der Waals surface area (Å²) >= 11 is 0. The molecule has 4 heteroatoms. The lowest BCUT2D eigenvalue weighted by Crippen LogP contribution is -2.25. The molecule has 74 valence electrons. The van der Waals surface area contributed by atoms with Crippen LogP contribution in [0, 0.1) is 12.3 Å². The average Bonchev–Trinajstić information content (AvgIpc) is 2.52. The molecular weight excluding hydrogens is 178 g/mol. The maximum Gasteiger partial charge on any atom is 0.154 e. The smallest absolute Gasteiger partial charge is 0.154 e. The number of hydrogen-bond acceptors (Lipinski definition) is 3. The summed E-state index contributed by atoms with van der Waals surface area (Å²) < 4.78 is 1.83. The molecule has 0 aliphatic carbocycles. The van der Waals surface area contributed by atoms with Crippen molar-refractivity contribution in [1.82, 2.24) is 14.9 Å². The lowest BCUT2D eigenvalue weighted by Gasteiger charge is -2.01. The number of nitrogens with one attached hydrogen (secondary N) is 1. The van der Waals surface area contributed by atoms with E-state index in [-0.39, 0.29) is 5.78 Å². The molecule has 0 atom stereocenters. The van der Waals surface area contributed by atoms with Gasteiger partial charge in [0.15, 0.2) is 5.78 Å². The summed E-state index contributed by atoms with van der Waals surface area (Å²) in [5.41, 5.74) is 0. The number of rotatable bonds is 5. The molecule has 0 aliphatic rings. The van der Waals surface area contributed by atoms with E-state index in [2.05, 4.69) is 16.2 Å². The molecule has 0 saturated heterocycles. The molecule has 0 amide bonds. The monoisotopic (exact) mass is 191 g/mol. The number of aryl methyl sites for hydroxylation is 1. The highest BCUT2D eigenvalue weighted by Crippen LogP contribution is 1.95. The fourth-order valence-corrected chi connectivity index (χ4v) is 1.08. The zero-order valence-electron chi connectivity index (χ0n) is 8.16. The van der Waals surface area contributed by atoms with Gasteiger partial charge in [-0.1, -0.05) is 5.92 Å². The Morgan fingerprint density at radius 3 is 3.14 bits per heavy atom. The molecular formula is C10H13N3O. The molecule has 4 nitrogen and oxygen atoms in total. The molecule has 0 spiro atoms. The first-order valence-corrected chi connectivity index (χ1v) is 4.36. The number of hydrogen-bond donors (Lipinski definition) is 1. The molecule has 0 fully saturated rings. The minimum atomic E-state index is 0.0922. The molecule has 1 aromatic heterocycles. The Morgan fingerprint density at radius 1 is 1.79 bits per heavy atom. The maximum atomic E-state index is 11.4. The van der Waals surface area contributed by atoms with Gasteiger partial charge in [-0.3, -0.25) is 10.1 Å². The van der Waals surface area contributed by atoms with Crippen LogP contribution in [-0.4, -0.2) is 28.4 Å². The average molecular weight is 191 g/mol. The molecule has 0 aliphatic heterocycles. The molecule has 0 unspecified atom stereocenters. The van der Waals surface area contributed by atoms with Crippen LogP contribution in [0.25, 0.3) is 0 Å². The van der Waals surface area contributed by atoms with Gasteiger partial charge in [0.1, 0.15) is 5.82 Å². The number of carbonyl (C=O) groups excluding carboxylic acids is 1. The van der Waals surface area contributed by atoms with Gasteiger partial charge in [-0.2, -0.15) is 0 Å². The van der Waals surface area contributed by atoms with Crippen molar-refractivity contribution in [2.75, 3.05) is 13.1 Å². The topological polar surface area (TPSA) is 46.9 Å². The van der Waals surface area contributed by atoms with Gasteiger partial charge in [0.05, 0.1) is 19.5 Å². The standard InChI is InChI=1S/C10H13N3O/c1-3-4-11-8-9(14)7-10-12-5-6-13(10)2/h1,5-6,11H,4,7-8H2,2H3. The molecule has 0 radical (unpaired) electrons. The molecule has 1 heterocycles. The van der Waals surface area contributed by atoms with Crippen LogP contribution in [-0.2, 0) is 18.3 Å². The summed E-state index contributed by atoms with van der Waals surface area (Å²) in [6.45, 7) is 0.726. The fourth-order valence-electron chi connectivity index (χ4n) is 1.08. The van der Waals surface area contributed by atoms with Crippen molar-refractivity contribution in [3.05, 3.63) is 18.2 Å². The highest BCUT2D eigenvalue weighted by atomic mass is 16.1. The zero-order valence-corrected chi connectivity index (χ0v) is 8.16. The molecule has 1 aromatic rings. The Kier molecular flexibility index (Phi) is 3.89. The van der Waals surface area contributed by atoms with Gasteiger partial charge in [0.25, 0.3) is 0 Å². The Hall–Kier alpha value is -1.60. The number of Topliss-reactive ketones (excluding diaryl/α,β-unsaturated/α-hetero) is 1. The molecule has 14 heavy (non-hydrogen) atoms. The van der Waals surface area contributed by atoms with Crippen molar-refractivity contribution in [3.8, 4) is 12.3 Å². The van der Waals surface area contributed by atoms with Crippen LogP contribution in [0.2, 0.25) is 0 Å². The summed E-state index contributed by atoms with van der Waals surface area (Å²) in [6.07, 6.45) is 8.88. The van der Waals surface area contributed by atoms with Crippen LogP contribution < -0.4 is 5.32 Å². The lowest BCUT2D eigenvalue weighted by atomic mass is 10.2. The van der Waals surface area contributed by atoms with Gasteiger partial charge >= 0.3 is 0 Å². The summed E-state index contributed by atoms with van der Waals surface area (Å²) in [4.78, 5) is 15.4. The second-order valence-electron chi connectivity index (χ2n) is 2.98. The van der Waals surface area contributed by atoms with Gasteiger partial charge in [-0.05, 0) is 0 Å². The van der Waals surface area contributed by atoms with Crippen LogP contribution in [0.5, 0.6) is 0 Å². The normalized spacial score (nSPS) is 9.71. The van der Waals surface area contributed by atoms with E-state index in [1.165, 1.54) is 0 Å². The van der Waals surface area contributed by atoms with Crippen molar-refractivity contribution >= 4 is 5.78 Å². The first-order chi connectivity index (χ1) is 6.74. The maximum absolute atomic E-state index is 11.4. The second-order valence-corrected chi connectivity index (χ2v) is 2.98. The highest BCUT2D eigenvalue weighted by molar-refractivity contribution is 5.82. The van der Waals surface area contributed by atoms with Crippen LogP contribution in [0.3, 0.4) is 0 Å². The number of imidazole rings is 1. The highest BCUT2D eigenvalue weighted by Gasteiger charge is 2.06. The SMILES string of the molecule is C#CCNCC(=O)Cc1nccn1C. The quantitative estimate of drug-likeness (QED) is 0.516. The number of carbonyl (C=O) groups is 1. The van der Waals surface area contributed by atoms with Gasteiger partial charge < -0.3 is 4.57 Å². The Morgan fingerprint density at radius 2 is 2.57 bits per heavy atom. The Labute approximate surface area is 83.3 Å². The summed E-state index contributed by atoms with van der Waals surface area (Å²) in [5.74, 6) is 3.28. The Bertz CT molecular complexity index is 348.